The van der Waals surface area contributed by atoms with Crippen molar-refractivity contribution in [1.82, 2.24) is 4.90 Å². The molecule has 2 heterocycles. The number of fused-ring (bicyclic) bond motifs is 2. The first-order valence-electron chi connectivity index (χ1n) is 7.34. The summed E-state index contributed by atoms with van der Waals surface area (Å²) in [5.41, 5.74) is 3.02. The molecule has 3 nitrogen and oxygen atoms in total. The van der Waals surface area contributed by atoms with Gasteiger partial charge in [-0.15, -0.1) is 0 Å². The summed E-state index contributed by atoms with van der Waals surface area (Å²) in [6.45, 7) is 3.94. The van der Waals surface area contributed by atoms with Crippen LogP contribution in [0.1, 0.15) is 36.8 Å². The predicted octanol–water partition coefficient (Wildman–Crippen LogP) is 3.05. The number of nitrogens with one attached hydrogen (secondary N) is 1. The van der Waals surface area contributed by atoms with Gasteiger partial charge in [0.1, 0.15) is 5.75 Å². The molecular weight excluding hydrogens is 236 g/mol. The highest BCUT2D eigenvalue weighted by Crippen LogP contribution is 2.36. The molecular formula is C16H24N2O. The standard InChI is InChI=1S/C16H24N2O/c1-10-4-7-15(11(2)16(10)19)17-12-8-13-5-6-14(9-12)18(13)3/h4,7,12-14,17,19H,5-6,8-9H2,1-3H3. The molecule has 2 bridgehead atoms. The van der Waals surface area contributed by atoms with Crippen LogP contribution in [0.5, 0.6) is 5.75 Å². The van der Waals surface area contributed by atoms with Crippen LogP contribution in [0.2, 0.25) is 0 Å². The number of anilines is 1. The van der Waals surface area contributed by atoms with Gasteiger partial charge in [0.25, 0.3) is 0 Å². The topological polar surface area (TPSA) is 35.5 Å². The fourth-order valence-electron chi connectivity index (χ4n) is 3.74. The highest BCUT2D eigenvalue weighted by molar-refractivity contribution is 5.59. The zero-order chi connectivity index (χ0) is 13.6. The number of phenolic OH excluding ortho intramolecular Hbond substituents is 1. The van der Waals surface area contributed by atoms with Crippen LogP contribution < -0.4 is 5.32 Å². The lowest BCUT2D eigenvalue weighted by molar-refractivity contribution is 0.169. The zero-order valence-electron chi connectivity index (χ0n) is 12.1. The molecule has 1 aromatic carbocycles. The second-order valence-electron chi connectivity index (χ2n) is 6.27. The van der Waals surface area contributed by atoms with Crippen molar-refractivity contribution in [3.05, 3.63) is 23.3 Å². The molecule has 1 aromatic rings. The van der Waals surface area contributed by atoms with Crippen LogP contribution in [-0.2, 0) is 0 Å². The fourth-order valence-corrected chi connectivity index (χ4v) is 3.74. The molecule has 104 valence electrons. The van der Waals surface area contributed by atoms with E-state index in [1.807, 2.05) is 19.9 Å². The van der Waals surface area contributed by atoms with Crippen molar-refractivity contribution in [1.29, 1.82) is 0 Å². The van der Waals surface area contributed by atoms with E-state index in [1.54, 1.807) is 0 Å². The minimum atomic E-state index is 0.431. The molecule has 2 N–H and O–H groups in total. The number of rotatable bonds is 2. The Morgan fingerprint density at radius 2 is 1.79 bits per heavy atom. The first-order valence-corrected chi connectivity index (χ1v) is 7.34. The van der Waals surface area contributed by atoms with Crippen LogP contribution in [0.25, 0.3) is 0 Å². The fraction of sp³-hybridized carbons (Fsp3) is 0.625. The number of aromatic hydroxyl groups is 1. The highest BCUT2D eigenvalue weighted by atomic mass is 16.3. The van der Waals surface area contributed by atoms with E-state index in [2.05, 4.69) is 23.3 Å². The lowest BCUT2D eigenvalue weighted by Crippen LogP contribution is -2.44. The number of hydrogen-bond acceptors (Lipinski definition) is 3. The van der Waals surface area contributed by atoms with Crippen LogP contribution in [0.4, 0.5) is 5.69 Å². The van der Waals surface area contributed by atoms with Crippen molar-refractivity contribution >= 4 is 5.69 Å². The molecule has 0 aromatic heterocycles. The number of piperidine rings is 1. The van der Waals surface area contributed by atoms with Crippen LogP contribution in [-0.4, -0.2) is 35.2 Å². The van der Waals surface area contributed by atoms with Gasteiger partial charge < -0.3 is 15.3 Å². The summed E-state index contributed by atoms with van der Waals surface area (Å²) in [6, 6.07) is 6.14. The largest absolute Gasteiger partial charge is 0.507 e. The van der Waals surface area contributed by atoms with E-state index in [9.17, 15) is 5.11 Å². The summed E-state index contributed by atoms with van der Waals surface area (Å²) in [5, 5.41) is 13.7. The monoisotopic (exact) mass is 260 g/mol. The molecule has 19 heavy (non-hydrogen) atoms. The second kappa shape index (κ2) is 4.71. The van der Waals surface area contributed by atoms with Crippen molar-refractivity contribution in [2.75, 3.05) is 12.4 Å². The van der Waals surface area contributed by atoms with Crippen LogP contribution >= 0.6 is 0 Å². The Morgan fingerprint density at radius 1 is 1.16 bits per heavy atom. The van der Waals surface area contributed by atoms with E-state index in [0.29, 0.717) is 11.8 Å². The average Bonchev–Trinajstić information content (AvgIpc) is 2.63. The molecule has 0 aliphatic carbocycles. The summed E-state index contributed by atoms with van der Waals surface area (Å²) in [6.07, 6.45) is 5.14. The zero-order valence-corrected chi connectivity index (χ0v) is 12.1. The lowest BCUT2D eigenvalue weighted by Gasteiger charge is -2.37. The smallest absolute Gasteiger partial charge is 0.123 e. The van der Waals surface area contributed by atoms with E-state index in [0.717, 1.165) is 28.9 Å². The number of phenols is 1. The molecule has 2 aliphatic rings. The van der Waals surface area contributed by atoms with Crippen LogP contribution in [0.15, 0.2) is 12.1 Å². The minimum Gasteiger partial charge on any atom is -0.507 e. The number of nitrogens with zero attached hydrogens (tertiary/aromatic N) is 1. The third kappa shape index (κ3) is 2.20. The lowest BCUT2D eigenvalue weighted by atomic mass is 9.97. The van der Waals surface area contributed by atoms with Gasteiger partial charge >= 0.3 is 0 Å². The van der Waals surface area contributed by atoms with E-state index in [-0.39, 0.29) is 0 Å². The molecule has 0 amide bonds. The predicted molar refractivity (Wildman–Crippen MR) is 78.8 cm³/mol. The van der Waals surface area contributed by atoms with Crippen molar-refractivity contribution in [3.8, 4) is 5.75 Å². The van der Waals surface area contributed by atoms with E-state index in [4.69, 9.17) is 0 Å². The summed E-state index contributed by atoms with van der Waals surface area (Å²) in [4.78, 5) is 2.55. The van der Waals surface area contributed by atoms with Gasteiger partial charge in [-0.3, -0.25) is 0 Å². The quantitative estimate of drug-likeness (QED) is 0.858. The van der Waals surface area contributed by atoms with Gasteiger partial charge in [0, 0.05) is 29.4 Å². The van der Waals surface area contributed by atoms with Gasteiger partial charge in [-0.1, -0.05) is 6.07 Å². The Kier molecular flexibility index (Phi) is 3.17. The maximum Gasteiger partial charge on any atom is 0.123 e. The molecule has 2 atom stereocenters. The summed E-state index contributed by atoms with van der Waals surface area (Å²) < 4.78 is 0. The minimum absolute atomic E-state index is 0.431. The van der Waals surface area contributed by atoms with Crippen LogP contribution in [0, 0.1) is 13.8 Å². The molecule has 2 saturated heterocycles. The van der Waals surface area contributed by atoms with Gasteiger partial charge in [0.05, 0.1) is 0 Å². The molecule has 2 fully saturated rings. The van der Waals surface area contributed by atoms with Crippen molar-refractivity contribution in [2.24, 2.45) is 0 Å². The van der Waals surface area contributed by atoms with Crippen molar-refractivity contribution in [2.45, 2.75) is 57.7 Å². The first kappa shape index (κ1) is 12.8. The SMILES string of the molecule is Cc1ccc(NC2CC3CCC(C2)N3C)c(C)c1O. The molecule has 0 saturated carbocycles. The molecule has 3 rings (SSSR count). The molecule has 0 radical (unpaired) electrons. The Labute approximate surface area is 115 Å². The number of aryl methyl sites for hydroxylation is 1. The average molecular weight is 260 g/mol. The summed E-state index contributed by atoms with van der Waals surface area (Å²) in [7, 11) is 2.27. The van der Waals surface area contributed by atoms with E-state index in [1.165, 1.54) is 25.7 Å². The Bertz CT molecular complexity index is 472. The van der Waals surface area contributed by atoms with Crippen molar-refractivity contribution in [3.63, 3.8) is 0 Å². The van der Waals surface area contributed by atoms with E-state index >= 15 is 0 Å². The normalized spacial score (nSPS) is 30.6. The Morgan fingerprint density at radius 3 is 2.42 bits per heavy atom. The molecule has 2 aliphatic heterocycles. The third-order valence-electron chi connectivity index (χ3n) is 5.09. The van der Waals surface area contributed by atoms with Gasteiger partial charge in [-0.2, -0.15) is 0 Å². The van der Waals surface area contributed by atoms with Crippen molar-refractivity contribution < 1.29 is 5.11 Å². The van der Waals surface area contributed by atoms with Gasteiger partial charge in [-0.25, -0.2) is 0 Å². The Hall–Kier alpha value is -1.22. The molecule has 0 spiro atoms. The second-order valence-corrected chi connectivity index (χ2v) is 6.27. The number of hydrogen-bond donors (Lipinski definition) is 2. The molecule has 2 unspecified atom stereocenters. The number of benzene rings is 1. The van der Waals surface area contributed by atoms with Gasteiger partial charge in [0.2, 0.25) is 0 Å². The van der Waals surface area contributed by atoms with Gasteiger partial charge in [0.15, 0.2) is 0 Å². The maximum atomic E-state index is 10.0. The molecule has 3 heteroatoms. The van der Waals surface area contributed by atoms with E-state index < -0.39 is 0 Å². The summed E-state index contributed by atoms with van der Waals surface area (Å²) >= 11 is 0. The Balaban J connectivity index is 1.75. The summed E-state index contributed by atoms with van der Waals surface area (Å²) in [5.74, 6) is 0.431. The van der Waals surface area contributed by atoms with Gasteiger partial charge in [-0.05, 0) is 58.2 Å². The first-order chi connectivity index (χ1) is 9.06. The highest BCUT2D eigenvalue weighted by Gasteiger charge is 2.38. The third-order valence-corrected chi connectivity index (χ3v) is 5.09. The van der Waals surface area contributed by atoms with Crippen LogP contribution in [0.3, 0.4) is 0 Å². The maximum absolute atomic E-state index is 10.0.